The Balaban J connectivity index is 1.82. The van der Waals surface area contributed by atoms with Crippen LogP contribution >= 0.6 is 27.3 Å². The maximum Gasteiger partial charge on any atom is 0.0701 e. The van der Waals surface area contributed by atoms with Crippen molar-refractivity contribution in [2.24, 2.45) is 0 Å². The lowest BCUT2D eigenvalue weighted by atomic mass is 10.0. The molecule has 1 nitrogen and oxygen atoms in total. The quantitative estimate of drug-likeness (QED) is 0.801. The molecule has 1 aromatic heterocycles. The van der Waals surface area contributed by atoms with Crippen molar-refractivity contribution in [3.8, 4) is 0 Å². The van der Waals surface area contributed by atoms with Crippen LogP contribution in [0.3, 0.4) is 0 Å². The lowest BCUT2D eigenvalue weighted by Gasteiger charge is -2.10. The highest BCUT2D eigenvalue weighted by molar-refractivity contribution is 9.11. The molecule has 18 heavy (non-hydrogen) atoms. The lowest BCUT2D eigenvalue weighted by Crippen LogP contribution is -2.17. The van der Waals surface area contributed by atoms with E-state index in [-0.39, 0.29) is 0 Å². The SMILES string of the molecule is Cc1cccc(C)c1CNCCc1ccc(Br)s1. The summed E-state index contributed by atoms with van der Waals surface area (Å²) in [6, 6.07) is 10.8. The van der Waals surface area contributed by atoms with E-state index in [2.05, 4.69) is 65.4 Å². The van der Waals surface area contributed by atoms with E-state index in [0.717, 1.165) is 19.5 Å². The molecule has 1 heterocycles. The van der Waals surface area contributed by atoms with Crippen LogP contribution in [0.4, 0.5) is 0 Å². The van der Waals surface area contributed by atoms with Gasteiger partial charge in [0.05, 0.1) is 3.79 Å². The van der Waals surface area contributed by atoms with E-state index in [0.29, 0.717) is 0 Å². The number of benzene rings is 1. The predicted molar refractivity (Wildman–Crippen MR) is 83.3 cm³/mol. The van der Waals surface area contributed by atoms with E-state index in [9.17, 15) is 0 Å². The van der Waals surface area contributed by atoms with Crippen molar-refractivity contribution < 1.29 is 0 Å². The highest BCUT2D eigenvalue weighted by atomic mass is 79.9. The molecule has 1 N–H and O–H groups in total. The molecule has 3 heteroatoms. The average molecular weight is 324 g/mol. The van der Waals surface area contributed by atoms with Crippen molar-refractivity contribution in [2.75, 3.05) is 6.54 Å². The van der Waals surface area contributed by atoms with Crippen LogP contribution < -0.4 is 5.32 Å². The molecule has 0 bridgehead atoms. The van der Waals surface area contributed by atoms with Crippen LogP contribution in [0.15, 0.2) is 34.1 Å². The second kappa shape index (κ2) is 6.50. The summed E-state index contributed by atoms with van der Waals surface area (Å²) in [5, 5.41) is 3.53. The van der Waals surface area contributed by atoms with Crippen molar-refractivity contribution in [2.45, 2.75) is 26.8 Å². The maximum atomic E-state index is 3.53. The van der Waals surface area contributed by atoms with E-state index in [1.807, 2.05) is 11.3 Å². The highest BCUT2D eigenvalue weighted by Crippen LogP contribution is 2.22. The highest BCUT2D eigenvalue weighted by Gasteiger charge is 2.02. The van der Waals surface area contributed by atoms with Gasteiger partial charge < -0.3 is 5.32 Å². The van der Waals surface area contributed by atoms with Crippen molar-refractivity contribution in [1.82, 2.24) is 5.32 Å². The largest absolute Gasteiger partial charge is 0.312 e. The monoisotopic (exact) mass is 323 g/mol. The van der Waals surface area contributed by atoms with Gasteiger partial charge in [0.1, 0.15) is 0 Å². The maximum absolute atomic E-state index is 3.53. The summed E-state index contributed by atoms with van der Waals surface area (Å²) in [5.74, 6) is 0. The van der Waals surface area contributed by atoms with Crippen LogP contribution in [0.25, 0.3) is 0 Å². The van der Waals surface area contributed by atoms with Gasteiger partial charge in [0, 0.05) is 18.0 Å². The summed E-state index contributed by atoms with van der Waals surface area (Å²) >= 11 is 5.31. The predicted octanol–water partition coefficient (Wildman–Crippen LogP) is 4.46. The first-order chi connectivity index (χ1) is 8.66. The van der Waals surface area contributed by atoms with Gasteiger partial charge in [-0.2, -0.15) is 0 Å². The van der Waals surface area contributed by atoms with E-state index >= 15 is 0 Å². The topological polar surface area (TPSA) is 12.0 Å². The van der Waals surface area contributed by atoms with Gasteiger partial charge in [-0.15, -0.1) is 11.3 Å². The Kier molecular flexibility index (Phi) is 4.98. The Morgan fingerprint density at radius 3 is 2.44 bits per heavy atom. The van der Waals surface area contributed by atoms with Gasteiger partial charge in [0.25, 0.3) is 0 Å². The van der Waals surface area contributed by atoms with E-state index in [4.69, 9.17) is 0 Å². The third-order valence-electron chi connectivity index (χ3n) is 3.12. The molecule has 96 valence electrons. The summed E-state index contributed by atoms with van der Waals surface area (Å²) in [4.78, 5) is 1.43. The zero-order valence-electron chi connectivity index (χ0n) is 10.8. The molecule has 2 aromatic rings. The lowest BCUT2D eigenvalue weighted by molar-refractivity contribution is 0.685. The molecule has 0 radical (unpaired) electrons. The summed E-state index contributed by atoms with van der Waals surface area (Å²) in [6.45, 7) is 6.35. The fraction of sp³-hybridized carbons (Fsp3) is 0.333. The Hall–Kier alpha value is -0.640. The zero-order chi connectivity index (χ0) is 13.0. The Morgan fingerprint density at radius 2 is 1.83 bits per heavy atom. The second-order valence-corrected chi connectivity index (χ2v) is 7.05. The molecule has 0 amide bonds. The summed E-state index contributed by atoms with van der Waals surface area (Å²) in [6.07, 6.45) is 1.10. The molecular weight excluding hydrogens is 306 g/mol. The fourth-order valence-electron chi connectivity index (χ4n) is 2.04. The Morgan fingerprint density at radius 1 is 1.11 bits per heavy atom. The second-order valence-electron chi connectivity index (χ2n) is 4.50. The van der Waals surface area contributed by atoms with Crippen LogP contribution in [-0.2, 0) is 13.0 Å². The number of rotatable bonds is 5. The van der Waals surface area contributed by atoms with Crippen molar-refractivity contribution in [3.05, 3.63) is 55.7 Å². The molecule has 0 aliphatic rings. The van der Waals surface area contributed by atoms with Crippen LogP contribution in [0.5, 0.6) is 0 Å². The van der Waals surface area contributed by atoms with Crippen molar-refractivity contribution >= 4 is 27.3 Å². The molecule has 0 aliphatic heterocycles. The molecule has 0 spiro atoms. The van der Waals surface area contributed by atoms with Gasteiger partial charge in [-0.1, -0.05) is 18.2 Å². The first kappa shape index (κ1) is 13.8. The zero-order valence-corrected chi connectivity index (χ0v) is 13.2. The normalized spacial score (nSPS) is 10.8. The van der Waals surface area contributed by atoms with Gasteiger partial charge in [-0.3, -0.25) is 0 Å². The minimum Gasteiger partial charge on any atom is -0.312 e. The standard InChI is InChI=1S/C15H18BrNS/c1-11-4-3-5-12(2)14(11)10-17-9-8-13-6-7-15(16)18-13/h3-7,17H,8-10H2,1-2H3. The van der Waals surface area contributed by atoms with Crippen molar-refractivity contribution in [1.29, 1.82) is 0 Å². The molecule has 0 saturated heterocycles. The van der Waals surface area contributed by atoms with Gasteiger partial charge in [0.2, 0.25) is 0 Å². The molecule has 0 saturated carbocycles. The smallest absolute Gasteiger partial charge is 0.0701 e. The van der Waals surface area contributed by atoms with Crippen molar-refractivity contribution in [3.63, 3.8) is 0 Å². The minimum atomic E-state index is 0.963. The van der Waals surface area contributed by atoms with Crippen LogP contribution in [0.2, 0.25) is 0 Å². The minimum absolute atomic E-state index is 0.963. The summed E-state index contributed by atoms with van der Waals surface area (Å²) in [5.41, 5.74) is 4.19. The molecule has 0 atom stereocenters. The number of halogens is 1. The van der Waals surface area contributed by atoms with Gasteiger partial charge >= 0.3 is 0 Å². The first-order valence-corrected chi connectivity index (χ1v) is 7.78. The van der Waals surface area contributed by atoms with Gasteiger partial charge in [0.15, 0.2) is 0 Å². The Labute approximate surface area is 121 Å². The molecule has 2 rings (SSSR count). The number of hydrogen-bond donors (Lipinski definition) is 1. The first-order valence-electron chi connectivity index (χ1n) is 6.17. The van der Waals surface area contributed by atoms with Crippen LogP contribution in [0.1, 0.15) is 21.6 Å². The van der Waals surface area contributed by atoms with Crippen LogP contribution in [0, 0.1) is 13.8 Å². The summed E-state index contributed by atoms with van der Waals surface area (Å²) in [7, 11) is 0. The van der Waals surface area contributed by atoms with Gasteiger partial charge in [-0.05, 0) is 65.0 Å². The molecule has 0 aliphatic carbocycles. The third kappa shape index (κ3) is 3.67. The van der Waals surface area contributed by atoms with Gasteiger partial charge in [-0.25, -0.2) is 0 Å². The molecular formula is C15H18BrNS. The van der Waals surface area contributed by atoms with E-state index < -0.39 is 0 Å². The van der Waals surface area contributed by atoms with Crippen LogP contribution in [-0.4, -0.2) is 6.54 Å². The molecule has 0 unspecified atom stereocenters. The average Bonchev–Trinajstić information content (AvgIpc) is 2.73. The summed E-state index contributed by atoms with van der Waals surface area (Å²) < 4.78 is 1.22. The number of thiophene rings is 1. The third-order valence-corrected chi connectivity index (χ3v) is 4.81. The molecule has 1 aromatic carbocycles. The van der Waals surface area contributed by atoms with E-state index in [1.165, 1.54) is 25.4 Å². The number of nitrogens with one attached hydrogen (secondary N) is 1. The number of hydrogen-bond acceptors (Lipinski definition) is 2. The van der Waals surface area contributed by atoms with E-state index in [1.54, 1.807) is 0 Å². The Bertz CT molecular complexity index is 499. The molecule has 0 fully saturated rings. The number of aryl methyl sites for hydroxylation is 2. The fourth-order valence-corrected chi connectivity index (χ4v) is 3.52.